The highest BCUT2D eigenvalue weighted by molar-refractivity contribution is 5.91. The van der Waals surface area contributed by atoms with Gasteiger partial charge in [0.25, 0.3) is 0 Å². The van der Waals surface area contributed by atoms with E-state index in [1.54, 1.807) is 5.57 Å². The van der Waals surface area contributed by atoms with Gasteiger partial charge in [0.1, 0.15) is 0 Å². The molecule has 63 heavy (non-hydrogen) atoms. The lowest BCUT2D eigenvalue weighted by atomic mass is 9.76. The third kappa shape index (κ3) is 10.6. The number of hydrogen-bond acceptors (Lipinski definition) is 1. The first-order chi connectivity index (χ1) is 30.4. The highest BCUT2D eigenvalue weighted by Gasteiger charge is 2.43. The molecule has 0 saturated heterocycles. The van der Waals surface area contributed by atoms with Gasteiger partial charge in [-0.15, -0.1) is 0 Å². The minimum Gasteiger partial charge on any atom is -0.344 e. The van der Waals surface area contributed by atoms with Crippen molar-refractivity contribution >= 4 is 16.8 Å². The molecule has 5 aromatic rings. The van der Waals surface area contributed by atoms with Crippen molar-refractivity contribution in [1.82, 2.24) is 0 Å². The molecule has 7 rings (SSSR count). The van der Waals surface area contributed by atoms with Crippen molar-refractivity contribution in [1.29, 1.82) is 0 Å². The number of rotatable bonds is 11. The van der Waals surface area contributed by atoms with Gasteiger partial charge >= 0.3 is 0 Å². The third-order valence-corrected chi connectivity index (χ3v) is 12.3. The van der Waals surface area contributed by atoms with Gasteiger partial charge in [-0.2, -0.15) is 0 Å². The van der Waals surface area contributed by atoms with Gasteiger partial charge in [-0.3, -0.25) is 0 Å². The number of hydrogen-bond donors (Lipinski definition) is 0. The van der Waals surface area contributed by atoms with E-state index >= 15 is 0 Å². The summed E-state index contributed by atoms with van der Waals surface area (Å²) in [7, 11) is 2.16. The normalized spacial score (nSPS) is 15.4. The van der Waals surface area contributed by atoms with Gasteiger partial charge in [-0.1, -0.05) is 204 Å². The molecule has 0 N–H and O–H groups in total. The molecule has 0 amide bonds. The standard InChI is InChI=1S/C36H39N.C24H24.C2H6/c1-8-14-27(9-2)37(7)33-18-13-11-15-28(33)26-21-19-24(3)31(23-26)34-25(4)20-22-30-29-16-10-12-17-32(29)36(5,6)35(30)34;1-5-7-11-21(6-2)24(23-16-14-19(3)15-17-23)18-20(4)22-12-9-8-10-13-22;1-2/h8-15,17-23,29H,16H2,1-7H3;5-18H,2,4H2,1,3H3;1-2H3/b14-8-,27-9+;7-5-,21-11+,24-18-;. The molecule has 0 aliphatic heterocycles. The zero-order valence-electron chi connectivity index (χ0n) is 39.9. The summed E-state index contributed by atoms with van der Waals surface area (Å²) in [4.78, 5) is 2.29. The first-order valence-electron chi connectivity index (χ1n) is 22.7. The number of benzene rings is 5. The summed E-state index contributed by atoms with van der Waals surface area (Å²) in [6, 6.07) is 39.3. The second-order valence-electron chi connectivity index (χ2n) is 16.7. The van der Waals surface area contributed by atoms with Gasteiger partial charge in [-0.05, 0) is 139 Å². The van der Waals surface area contributed by atoms with Gasteiger partial charge in [0.2, 0.25) is 0 Å². The van der Waals surface area contributed by atoms with E-state index in [-0.39, 0.29) is 5.41 Å². The molecule has 0 aromatic heterocycles. The van der Waals surface area contributed by atoms with E-state index in [0.717, 1.165) is 34.3 Å². The molecule has 0 bridgehead atoms. The van der Waals surface area contributed by atoms with E-state index < -0.39 is 0 Å². The molecule has 1 heteroatoms. The fourth-order valence-corrected chi connectivity index (χ4v) is 8.97. The summed E-state index contributed by atoms with van der Waals surface area (Å²) in [5.74, 6) is 0.498. The van der Waals surface area contributed by atoms with Crippen LogP contribution in [0.2, 0.25) is 0 Å². The lowest BCUT2D eigenvalue weighted by Crippen LogP contribution is -2.18. The van der Waals surface area contributed by atoms with Crippen molar-refractivity contribution in [3.05, 3.63) is 245 Å². The first-order valence-corrected chi connectivity index (χ1v) is 22.7. The fourth-order valence-electron chi connectivity index (χ4n) is 8.97. The van der Waals surface area contributed by atoms with E-state index in [9.17, 15) is 0 Å². The highest BCUT2D eigenvalue weighted by atomic mass is 15.1. The van der Waals surface area contributed by atoms with Crippen molar-refractivity contribution in [2.75, 3.05) is 11.9 Å². The lowest BCUT2D eigenvalue weighted by molar-refractivity contribution is 0.613. The van der Waals surface area contributed by atoms with E-state index in [2.05, 4.69) is 213 Å². The van der Waals surface area contributed by atoms with Gasteiger partial charge in [-0.25, -0.2) is 0 Å². The third-order valence-electron chi connectivity index (χ3n) is 12.3. The Balaban J connectivity index is 0.000000250. The Labute approximate surface area is 381 Å². The Morgan fingerprint density at radius 2 is 1.44 bits per heavy atom. The number of nitrogens with zero attached hydrogens (tertiary/aromatic N) is 1. The zero-order valence-corrected chi connectivity index (χ0v) is 39.9. The van der Waals surface area contributed by atoms with Gasteiger partial charge in [0.15, 0.2) is 0 Å². The Kier molecular flexibility index (Phi) is 16.7. The quantitative estimate of drug-likeness (QED) is 0.120. The molecule has 5 aromatic carbocycles. The number of aryl methyl sites for hydroxylation is 3. The molecule has 0 radical (unpaired) electrons. The number of para-hydroxylation sites is 1. The highest BCUT2D eigenvalue weighted by Crippen LogP contribution is 2.56. The topological polar surface area (TPSA) is 3.24 Å². The minimum absolute atomic E-state index is 0.0139. The van der Waals surface area contributed by atoms with Gasteiger partial charge in [0.05, 0.1) is 0 Å². The van der Waals surface area contributed by atoms with Crippen molar-refractivity contribution in [2.45, 2.75) is 87.0 Å². The SMILES string of the molecule is C/C=C\C(=C/C)N(C)c1ccccc1-c1ccc(C)c(-c2c(C)ccc3c2C(C)(C)C2=CC=CCC23)c1.C=CC(=C\C=C/C)/C(=C/C(=C)c1ccccc1)c1ccc(C)cc1.CC. The van der Waals surface area contributed by atoms with Crippen molar-refractivity contribution < 1.29 is 0 Å². The maximum Gasteiger partial charge on any atom is 0.0487 e. The van der Waals surface area contributed by atoms with Crippen LogP contribution >= 0.6 is 0 Å². The van der Waals surface area contributed by atoms with Crippen LogP contribution in [0.4, 0.5) is 5.69 Å². The van der Waals surface area contributed by atoms with E-state index in [1.807, 2.05) is 57.2 Å². The molecule has 322 valence electrons. The molecule has 0 fully saturated rings. The lowest BCUT2D eigenvalue weighted by Gasteiger charge is -2.28. The average Bonchev–Trinajstić information content (AvgIpc) is 3.55. The molecule has 1 unspecified atom stereocenters. The monoisotopic (exact) mass is 828 g/mol. The Morgan fingerprint density at radius 1 is 0.762 bits per heavy atom. The second kappa shape index (κ2) is 22.1. The molecule has 0 heterocycles. The van der Waals surface area contributed by atoms with Crippen LogP contribution in [0.15, 0.2) is 206 Å². The van der Waals surface area contributed by atoms with Crippen molar-refractivity contribution in [2.24, 2.45) is 0 Å². The van der Waals surface area contributed by atoms with Crippen LogP contribution in [0.1, 0.15) is 99.7 Å². The van der Waals surface area contributed by atoms with E-state index in [1.165, 1.54) is 61.5 Å². The van der Waals surface area contributed by atoms with Gasteiger partial charge < -0.3 is 4.90 Å². The number of allylic oxidation sites excluding steroid dienone is 15. The van der Waals surface area contributed by atoms with Crippen LogP contribution < -0.4 is 4.90 Å². The maximum absolute atomic E-state index is 4.25. The summed E-state index contributed by atoms with van der Waals surface area (Å²) in [5.41, 5.74) is 21.7. The summed E-state index contributed by atoms with van der Waals surface area (Å²) >= 11 is 0. The maximum atomic E-state index is 4.25. The Morgan fingerprint density at radius 3 is 2.11 bits per heavy atom. The van der Waals surface area contributed by atoms with E-state index in [0.29, 0.717) is 5.92 Å². The predicted molar refractivity (Wildman–Crippen MR) is 280 cm³/mol. The fraction of sp³-hybridized carbons (Fsp3) is 0.226. The number of likely N-dealkylation sites (N-methyl/N-ethyl adjacent to an activating group) is 1. The second-order valence-corrected chi connectivity index (χ2v) is 16.7. The average molecular weight is 828 g/mol. The summed E-state index contributed by atoms with van der Waals surface area (Å²) < 4.78 is 0. The molecule has 1 atom stereocenters. The zero-order chi connectivity index (χ0) is 45.7. The van der Waals surface area contributed by atoms with Crippen LogP contribution in [-0.4, -0.2) is 7.05 Å². The Hall–Kier alpha value is -6.44. The van der Waals surface area contributed by atoms with Crippen LogP contribution in [0.5, 0.6) is 0 Å². The summed E-state index contributed by atoms with van der Waals surface area (Å²) in [5, 5.41) is 0. The molecule has 1 nitrogen and oxygen atoms in total. The number of fused-ring (bicyclic) bond motifs is 3. The van der Waals surface area contributed by atoms with Crippen LogP contribution in [-0.2, 0) is 5.41 Å². The Bertz CT molecular complexity index is 2610. The smallest absolute Gasteiger partial charge is 0.0487 e. The number of anilines is 1. The van der Waals surface area contributed by atoms with Crippen LogP contribution in [0.25, 0.3) is 33.4 Å². The molecular weight excluding hydrogens is 759 g/mol. The predicted octanol–water partition coefficient (Wildman–Crippen LogP) is 17.6. The first kappa shape index (κ1) is 47.6. The van der Waals surface area contributed by atoms with Crippen molar-refractivity contribution in [3.63, 3.8) is 0 Å². The van der Waals surface area contributed by atoms with E-state index in [4.69, 9.17) is 0 Å². The minimum atomic E-state index is 0.0139. The molecular formula is C62H69N. The van der Waals surface area contributed by atoms with Crippen LogP contribution in [0, 0.1) is 20.8 Å². The molecule has 2 aliphatic carbocycles. The van der Waals surface area contributed by atoms with Crippen molar-refractivity contribution in [3.8, 4) is 22.3 Å². The summed E-state index contributed by atoms with van der Waals surface area (Å²) in [6.07, 6.45) is 24.6. The van der Waals surface area contributed by atoms with Gasteiger partial charge in [0, 0.05) is 35.3 Å². The largest absolute Gasteiger partial charge is 0.344 e. The molecule has 0 saturated carbocycles. The molecule has 2 aliphatic rings. The molecule has 0 spiro atoms. The van der Waals surface area contributed by atoms with Crippen LogP contribution in [0.3, 0.4) is 0 Å². The summed E-state index contributed by atoms with van der Waals surface area (Å²) in [6.45, 7) is 29.9.